The predicted molar refractivity (Wildman–Crippen MR) is 142 cm³/mol. The SMILES string of the molecule is CO[P+](O)(OC1CC(O)C(n2cnc3c(N)[nH]c(=S)nc32)O1)OC1CC(O)C(n2cnc3c(N)[nH]c(=S)nc32)O1. The third-order valence-electron chi connectivity index (χ3n) is 6.33. The second kappa shape index (κ2) is 10.3. The van der Waals surface area contributed by atoms with Crippen LogP contribution in [-0.4, -0.2) is 86.0 Å². The second-order valence-corrected chi connectivity index (χ2v) is 11.4. The molecule has 2 aliphatic heterocycles. The van der Waals surface area contributed by atoms with Gasteiger partial charge in [0.25, 0.3) is 0 Å². The number of fused-ring (bicyclic) bond motifs is 2. The number of nitrogens with one attached hydrogen (secondary N) is 2. The van der Waals surface area contributed by atoms with Gasteiger partial charge >= 0.3 is 8.17 Å². The van der Waals surface area contributed by atoms with E-state index in [0.717, 1.165) is 0 Å². The van der Waals surface area contributed by atoms with Crippen molar-refractivity contribution in [2.45, 2.75) is 50.1 Å². The van der Waals surface area contributed by atoms with Crippen LogP contribution in [0.25, 0.3) is 22.3 Å². The molecular formula is C19H24N10O8PS2+. The number of nitrogens with two attached hydrogens (primary N) is 2. The minimum absolute atomic E-state index is 0.0557. The number of ether oxygens (including phenoxy) is 2. The minimum Gasteiger partial charge on any atom is -0.388 e. The Balaban J connectivity index is 1.16. The van der Waals surface area contributed by atoms with Crippen LogP contribution < -0.4 is 11.5 Å². The van der Waals surface area contributed by atoms with E-state index < -0.39 is 45.4 Å². The fraction of sp³-hybridized carbons (Fsp3) is 0.474. The number of hydrogen-bond acceptors (Lipinski definition) is 16. The molecule has 0 amide bonds. The molecule has 0 aromatic carbocycles. The van der Waals surface area contributed by atoms with Crippen LogP contribution in [0.3, 0.4) is 0 Å². The van der Waals surface area contributed by atoms with Gasteiger partial charge in [-0.05, 0) is 24.4 Å². The number of aliphatic hydroxyl groups excluding tert-OH is 2. The molecule has 9 N–H and O–H groups in total. The highest BCUT2D eigenvalue weighted by atomic mass is 32.1. The third-order valence-corrected chi connectivity index (χ3v) is 8.18. The number of aromatic nitrogens is 8. The molecule has 4 aromatic heterocycles. The zero-order chi connectivity index (χ0) is 28.3. The van der Waals surface area contributed by atoms with E-state index in [1.165, 1.54) is 28.9 Å². The molecule has 6 unspecified atom stereocenters. The standard InChI is InChI=1S/C19H23N10O8PS2/c1-33-38(32,36-8-2-6(30)16(34-8)28-4-22-10-12(20)24-18(39)26-14(10)28)37-9-3-7(31)17(35-9)29-5-23-11-13(21)25-19(40)27-15(11)29/h4-9,16-17,30-32H,2-3H2,1H3,(H5-,20,21,24,25,26,27,39,40)/p+1. The number of anilines is 2. The van der Waals surface area contributed by atoms with E-state index in [2.05, 4.69) is 29.9 Å². The first-order chi connectivity index (χ1) is 19.0. The van der Waals surface area contributed by atoms with Gasteiger partial charge < -0.3 is 41.1 Å². The molecule has 6 rings (SSSR count). The lowest BCUT2D eigenvalue weighted by Gasteiger charge is -2.20. The Morgan fingerprint density at radius 2 is 1.32 bits per heavy atom. The summed E-state index contributed by atoms with van der Waals surface area (Å²) in [5.41, 5.74) is 13.1. The molecule has 0 spiro atoms. The normalized spacial score (nSPS) is 28.5. The van der Waals surface area contributed by atoms with Crippen molar-refractivity contribution in [3.8, 4) is 0 Å². The zero-order valence-electron chi connectivity index (χ0n) is 20.5. The van der Waals surface area contributed by atoms with Crippen molar-refractivity contribution in [2.24, 2.45) is 0 Å². The van der Waals surface area contributed by atoms with Gasteiger partial charge in [0.15, 0.2) is 33.3 Å². The van der Waals surface area contributed by atoms with E-state index in [1.54, 1.807) is 0 Å². The summed E-state index contributed by atoms with van der Waals surface area (Å²) in [6, 6.07) is 0. The summed E-state index contributed by atoms with van der Waals surface area (Å²) >= 11 is 10.2. The summed E-state index contributed by atoms with van der Waals surface area (Å²) in [6.45, 7) is 0. The molecule has 18 nitrogen and oxygen atoms in total. The summed E-state index contributed by atoms with van der Waals surface area (Å²) in [5, 5.41) is 21.4. The van der Waals surface area contributed by atoms with Gasteiger partial charge in [0.05, 0.1) is 19.8 Å². The molecule has 0 saturated carbocycles. The Labute approximate surface area is 234 Å². The zero-order valence-corrected chi connectivity index (χ0v) is 23.0. The lowest BCUT2D eigenvalue weighted by molar-refractivity contribution is -0.152. The molecule has 2 saturated heterocycles. The molecule has 4 aromatic rings. The fourth-order valence-electron chi connectivity index (χ4n) is 4.56. The molecule has 6 heterocycles. The number of aromatic amines is 2. The number of H-pyrrole nitrogens is 2. The van der Waals surface area contributed by atoms with Crippen molar-refractivity contribution in [2.75, 3.05) is 18.6 Å². The largest absolute Gasteiger partial charge is 0.577 e. The topological polar surface area (TPSA) is 252 Å². The van der Waals surface area contributed by atoms with Crippen molar-refractivity contribution < 1.29 is 38.2 Å². The Morgan fingerprint density at radius 3 is 1.73 bits per heavy atom. The van der Waals surface area contributed by atoms with Crippen molar-refractivity contribution in [3.05, 3.63) is 22.2 Å². The molecule has 21 heteroatoms. The first kappa shape index (κ1) is 27.4. The number of nitrogens with zero attached hydrogens (tertiary/aromatic N) is 6. The van der Waals surface area contributed by atoms with Gasteiger partial charge in [0, 0.05) is 12.8 Å². The van der Waals surface area contributed by atoms with E-state index in [-0.39, 0.29) is 34.0 Å². The third kappa shape index (κ3) is 4.86. The van der Waals surface area contributed by atoms with Gasteiger partial charge in [-0.3, -0.25) is 9.13 Å². The van der Waals surface area contributed by atoms with Gasteiger partial charge in [-0.25, -0.2) is 9.97 Å². The monoisotopic (exact) mass is 615 g/mol. The number of nitrogen functional groups attached to an aromatic ring is 2. The lowest BCUT2D eigenvalue weighted by Crippen LogP contribution is -2.21. The van der Waals surface area contributed by atoms with Crippen LogP contribution in [-0.2, 0) is 23.0 Å². The van der Waals surface area contributed by atoms with Crippen molar-refractivity contribution >= 4 is 66.6 Å². The maximum atomic E-state index is 11.0. The maximum absolute atomic E-state index is 11.0. The molecule has 0 aliphatic carbocycles. The molecule has 40 heavy (non-hydrogen) atoms. The van der Waals surface area contributed by atoms with Gasteiger partial charge in [0.1, 0.15) is 34.9 Å². The van der Waals surface area contributed by atoms with Gasteiger partial charge in [-0.15, -0.1) is 9.05 Å². The predicted octanol–water partition coefficient (Wildman–Crippen LogP) is 0.717. The van der Waals surface area contributed by atoms with Gasteiger partial charge in [-0.1, -0.05) is 0 Å². The Bertz CT molecular complexity index is 1580. The number of aliphatic hydroxyl groups is 2. The molecule has 2 aliphatic rings. The summed E-state index contributed by atoms with van der Waals surface area (Å²) in [6.07, 6.45) is -3.77. The summed E-state index contributed by atoms with van der Waals surface area (Å²) in [4.78, 5) is 33.3. The molecular weight excluding hydrogens is 591 g/mol. The number of imidazole rings is 2. The van der Waals surface area contributed by atoms with Crippen LogP contribution in [0.4, 0.5) is 11.6 Å². The number of rotatable bonds is 7. The average Bonchev–Trinajstić information content (AvgIpc) is 3.64. The molecule has 2 fully saturated rings. The van der Waals surface area contributed by atoms with Gasteiger partial charge in [0.2, 0.25) is 12.6 Å². The summed E-state index contributed by atoms with van der Waals surface area (Å²) < 4.78 is 31.3. The quantitative estimate of drug-likeness (QED) is 0.112. The Morgan fingerprint density at radius 1 is 0.900 bits per heavy atom. The van der Waals surface area contributed by atoms with E-state index in [4.69, 9.17) is 58.9 Å². The smallest absolute Gasteiger partial charge is 0.388 e. The molecule has 6 atom stereocenters. The first-order valence-electron chi connectivity index (χ1n) is 11.7. The van der Waals surface area contributed by atoms with Crippen molar-refractivity contribution in [1.82, 2.24) is 39.0 Å². The Hall–Kier alpha value is -2.75. The minimum atomic E-state index is -4.07. The van der Waals surface area contributed by atoms with Crippen molar-refractivity contribution in [1.29, 1.82) is 0 Å². The summed E-state index contributed by atoms with van der Waals surface area (Å²) in [5.74, 6) is 0.426. The maximum Gasteiger partial charge on any atom is 0.577 e. The van der Waals surface area contributed by atoms with E-state index in [1.807, 2.05) is 0 Å². The van der Waals surface area contributed by atoms with E-state index in [9.17, 15) is 15.1 Å². The van der Waals surface area contributed by atoms with Crippen LogP contribution in [0.15, 0.2) is 12.7 Å². The van der Waals surface area contributed by atoms with Crippen LogP contribution in [0.5, 0.6) is 0 Å². The molecule has 0 bridgehead atoms. The second-order valence-electron chi connectivity index (χ2n) is 8.94. The molecule has 214 valence electrons. The Kier molecular flexibility index (Phi) is 7.04. The lowest BCUT2D eigenvalue weighted by atomic mass is 10.2. The highest BCUT2D eigenvalue weighted by Crippen LogP contribution is 2.61. The fourth-order valence-corrected chi connectivity index (χ4v) is 6.04. The first-order valence-corrected chi connectivity index (χ1v) is 14.0. The highest BCUT2D eigenvalue weighted by molar-refractivity contribution is 7.71. The van der Waals surface area contributed by atoms with E-state index >= 15 is 0 Å². The summed E-state index contributed by atoms with van der Waals surface area (Å²) in [7, 11) is -2.90. The van der Waals surface area contributed by atoms with Gasteiger partial charge in [-0.2, -0.15) is 19.4 Å². The van der Waals surface area contributed by atoms with Crippen LogP contribution in [0.1, 0.15) is 25.3 Å². The van der Waals surface area contributed by atoms with Crippen molar-refractivity contribution in [3.63, 3.8) is 0 Å². The average molecular weight is 616 g/mol. The van der Waals surface area contributed by atoms with E-state index in [0.29, 0.717) is 22.3 Å². The van der Waals surface area contributed by atoms with Crippen LogP contribution in [0.2, 0.25) is 0 Å². The number of hydrogen-bond donors (Lipinski definition) is 7. The van der Waals surface area contributed by atoms with Crippen LogP contribution in [0, 0.1) is 9.54 Å². The molecule has 0 radical (unpaired) electrons. The highest BCUT2D eigenvalue weighted by Gasteiger charge is 2.55. The van der Waals surface area contributed by atoms with Crippen LogP contribution >= 0.6 is 32.6 Å².